The molecular weight excluding hydrogens is 374 g/mol. The Morgan fingerprint density at radius 3 is 2.25 bits per heavy atom. The number of benzene rings is 2. The summed E-state index contributed by atoms with van der Waals surface area (Å²) in [6, 6.07) is 19.1. The first-order valence-corrected chi connectivity index (χ1v) is 9.39. The second-order valence-corrected chi connectivity index (χ2v) is 6.98. The summed E-state index contributed by atoms with van der Waals surface area (Å²) in [4.78, 5) is 24.2. The summed E-state index contributed by atoms with van der Waals surface area (Å²) in [6.07, 6.45) is 0. The number of piperazine rings is 1. The fraction of sp³-hybridized carbons (Fsp3) is 0.190. The minimum atomic E-state index is -0.411. The molecule has 0 aliphatic carbocycles. The molecule has 0 unspecified atom stereocenters. The summed E-state index contributed by atoms with van der Waals surface area (Å²) in [7, 11) is 0. The van der Waals surface area contributed by atoms with Crippen LogP contribution in [0.3, 0.4) is 0 Å². The third kappa shape index (κ3) is 3.57. The fourth-order valence-electron chi connectivity index (χ4n) is 3.35. The second-order valence-electron chi connectivity index (χ2n) is 6.54. The van der Waals surface area contributed by atoms with Crippen molar-refractivity contribution < 1.29 is 0 Å². The summed E-state index contributed by atoms with van der Waals surface area (Å²) in [5.74, 6) is 0.499. The highest BCUT2D eigenvalue weighted by Gasteiger charge is 2.21. The van der Waals surface area contributed by atoms with E-state index in [2.05, 4.69) is 14.9 Å². The van der Waals surface area contributed by atoms with E-state index in [0.717, 1.165) is 29.4 Å². The van der Waals surface area contributed by atoms with Crippen molar-refractivity contribution in [2.24, 2.45) is 0 Å². The first-order chi connectivity index (χ1) is 13.7. The van der Waals surface area contributed by atoms with Crippen LogP contribution < -0.4 is 15.4 Å². The molecule has 1 saturated heterocycles. The van der Waals surface area contributed by atoms with E-state index in [1.807, 2.05) is 65.6 Å². The molecule has 1 aliphatic rings. The van der Waals surface area contributed by atoms with Crippen LogP contribution in [0, 0.1) is 11.3 Å². The van der Waals surface area contributed by atoms with Gasteiger partial charge in [-0.05, 0) is 24.3 Å². The maximum atomic E-state index is 12.5. The molecule has 2 aromatic carbocycles. The number of aromatic nitrogens is 2. The van der Waals surface area contributed by atoms with Gasteiger partial charge in [-0.3, -0.25) is 9.78 Å². The van der Waals surface area contributed by atoms with Gasteiger partial charge in [-0.2, -0.15) is 5.26 Å². The third-order valence-corrected chi connectivity index (χ3v) is 5.09. The van der Waals surface area contributed by atoms with Crippen molar-refractivity contribution in [3.05, 3.63) is 75.5 Å². The smallest absolute Gasteiger partial charge is 0.270 e. The number of hydrogen-bond acceptors (Lipinski definition) is 5. The molecule has 0 radical (unpaired) electrons. The number of rotatable bonds is 3. The van der Waals surface area contributed by atoms with E-state index < -0.39 is 5.56 Å². The second kappa shape index (κ2) is 7.75. The van der Waals surface area contributed by atoms with Crippen molar-refractivity contribution in [3.8, 4) is 17.3 Å². The standard InChI is InChI=1S/C21H18ClN5O/c22-16-6-8-17(9-7-16)26-10-12-27(13-11-26)21-24-19(15-4-2-1-3-5-15)18(14-23)20(28)25-21/h1-9H,10-13H2,(H,24,25,28). The third-order valence-electron chi connectivity index (χ3n) is 4.84. The van der Waals surface area contributed by atoms with E-state index in [0.29, 0.717) is 24.7 Å². The number of H-pyrrole nitrogens is 1. The van der Waals surface area contributed by atoms with Crippen LogP contribution in [0.2, 0.25) is 5.02 Å². The molecule has 1 aromatic heterocycles. The van der Waals surface area contributed by atoms with Gasteiger partial charge in [-0.1, -0.05) is 41.9 Å². The lowest BCUT2D eigenvalue weighted by Crippen LogP contribution is -2.47. The molecule has 1 N–H and O–H groups in total. The molecule has 3 aromatic rings. The number of nitrogens with zero attached hydrogens (tertiary/aromatic N) is 4. The zero-order chi connectivity index (χ0) is 19.5. The Balaban J connectivity index is 1.59. The average molecular weight is 392 g/mol. The number of anilines is 2. The molecule has 7 heteroatoms. The Hall–Kier alpha value is -3.30. The monoisotopic (exact) mass is 391 g/mol. The summed E-state index contributed by atoms with van der Waals surface area (Å²) in [6.45, 7) is 3.02. The molecule has 2 heterocycles. The van der Waals surface area contributed by atoms with Crippen LogP contribution in [0.25, 0.3) is 11.3 Å². The normalized spacial score (nSPS) is 14.0. The molecule has 0 saturated carbocycles. The first-order valence-electron chi connectivity index (χ1n) is 9.01. The largest absolute Gasteiger partial charge is 0.368 e. The van der Waals surface area contributed by atoms with Crippen molar-refractivity contribution in [1.29, 1.82) is 5.26 Å². The van der Waals surface area contributed by atoms with Crippen LogP contribution in [0.1, 0.15) is 5.56 Å². The maximum absolute atomic E-state index is 12.5. The SMILES string of the molecule is N#Cc1c(-c2ccccc2)nc(N2CCN(c3ccc(Cl)cc3)CC2)[nH]c1=O. The average Bonchev–Trinajstić information content (AvgIpc) is 2.74. The Morgan fingerprint density at radius 1 is 0.964 bits per heavy atom. The van der Waals surface area contributed by atoms with Gasteiger partial charge in [0.25, 0.3) is 5.56 Å². The Bertz CT molecular complexity index is 1060. The lowest BCUT2D eigenvalue weighted by atomic mass is 10.1. The minimum Gasteiger partial charge on any atom is -0.368 e. The number of aromatic amines is 1. The van der Waals surface area contributed by atoms with Crippen LogP contribution in [-0.4, -0.2) is 36.1 Å². The molecule has 1 fully saturated rings. The zero-order valence-corrected chi connectivity index (χ0v) is 15.9. The van der Waals surface area contributed by atoms with Crippen molar-refractivity contribution in [3.63, 3.8) is 0 Å². The molecular formula is C21H18ClN5O. The predicted octanol–water partition coefficient (Wildman–Crippen LogP) is 3.29. The number of halogens is 1. The topological polar surface area (TPSA) is 76.0 Å². The van der Waals surface area contributed by atoms with E-state index in [9.17, 15) is 10.1 Å². The molecule has 6 nitrogen and oxygen atoms in total. The highest BCUT2D eigenvalue weighted by Crippen LogP contribution is 2.23. The molecule has 1 aliphatic heterocycles. The van der Waals surface area contributed by atoms with Gasteiger partial charge in [0.1, 0.15) is 11.6 Å². The van der Waals surface area contributed by atoms with E-state index in [1.54, 1.807) is 0 Å². The summed E-state index contributed by atoms with van der Waals surface area (Å²) in [5, 5.41) is 10.1. The lowest BCUT2D eigenvalue weighted by Gasteiger charge is -2.36. The quantitative estimate of drug-likeness (QED) is 0.741. The number of nitriles is 1. The number of hydrogen-bond donors (Lipinski definition) is 1. The Kier molecular flexibility index (Phi) is 5.00. The van der Waals surface area contributed by atoms with Crippen molar-refractivity contribution in [1.82, 2.24) is 9.97 Å². The van der Waals surface area contributed by atoms with Gasteiger partial charge in [0, 0.05) is 42.5 Å². The molecule has 140 valence electrons. The van der Waals surface area contributed by atoms with E-state index in [4.69, 9.17) is 11.6 Å². The van der Waals surface area contributed by atoms with E-state index >= 15 is 0 Å². The molecule has 28 heavy (non-hydrogen) atoms. The van der Waals surface area contributed by atoms with Gasteiger partial charge < -0.3 is 9.80 Å². The van der Waals surface area contributed by atoms with Crippen molar-refractivity contribution in [2.45, 2.75) is 0 Å². The van der Waals surface area contributed by atoms with Gasteiger partial charge in [-0.15, -0.1) is 0 Å². The highest BCUT2D eigenvalue weighted by molar-refractivity contribution is 6.30. The van der Waals surface area contributed by atoms with Crippen molar-refractivity contribution in [2.75, 3.05) is 36.0 Å². The summed E-state index contributed by atoms with van der Waals surface area (Å²) in [5.41, 5.74) is 1.92. The van der Waals surface area contributed by atoms with Crippen LogP contribution in [0.4, 0.5) is 11.6 Å². The lowest BCUT2D eigenvalue weighted by molar-refractivity contribution is 0.639. The minimum absolute atomic E-state index is 0.0368. The van der Waals surface area contributed by atoms with Crippen molar-refractivity contribution >= 4 is 23.2 Å². The Morgan fingerprint density at radius 2 is 1.61 bits per heavy atom. The van der Waals surface area contributed by atoms with Gasteiger partial charge in [0.05, 0.1) is 5.69 Å². The highest BCUT2D eigenvalue weighted by atomic mass is 35.5. The molecule has 0 spiro atoms. The molecule has 0 bridgehead atoms. The Labute approximate surface area is 167 Å². The maximum Gasteiger partial charge on any atom is 0.270 e. The van der Waals surface area contributed by atoms with Crippen LogP contribution in [0.15, 0.2) is 59.4 Å². The van der Waals surface area contributed by atoms with Gasteiger partial charge in [0.2, 0.25) is 5.95 Å². The predicted molar refractivity (Wildman–Crippen MR) is 111 cm³/mol. The van der Waals surface area contributed by atoms with Crippen LogP contribution >= 0.6 is 11.6 Å². The molecule has 0 amide bonds. The first kappa shape index (κ1) is 18.1. The van der Waals surface area contributed by atoms with Gasteiger partial charge >= 0.3 is 0 Å². The van der Waals surface area contributed by atoms with Crippen LogP contribution in [-0.2, 0) is 0 Å². The van der Waals surface area contributed by atoms with Gasteiger partial charge in [-0.25, -0.2) is 4.98 Å². The fourth-order valence-corrected chi connectivity index (χ4v) is 3.47. The summed E-state index contributed by atoms with van der Waals surface area (Å²) < 4.78 is 0. The zero-order valence-electron chi connectivity index (χ0n) is 15.1. The summed E-state index contributed by atoms with van der Waals surface area (Å²) >= 11 is 5.97. The van der Waals surface area contributed by atoms with Gasteiger partial charge in [0.15, 0.2) is 0 Å². The van der Waals surface area contributed by atoms with E-state index in [1.165, 1.54) is 0 Å². The molecule has 0 atom stereocenters. The van der Waals surface area contributed by atoms with Crippen LogP contribution in [0.5, 0.6) is 0 Å². The molecule has 4 rings (SSSR count). The number of nitrogens with one attached hydrogen (secondary N) is 1. The van der Waals surface area contributed by atoms with E-state index in [-0.39, 0.29) is 5.56 Å².